The quantitative estimate of drug-likeness (QED) is 0.0632. The molecule has 10 N–H and O–H groups in total. The lowest BCUT2D eigenvalue weighted by Gasteiger charge is -2.40. The second-order valence-electron chi connectivity index (χ2n) is 19.4. The highest BCUT2D eigenvalue weighted by Gasteiger charge is 2.47. The van der Waals surface area contributed by atoms with E-state index in [1.54, 1.807) is 46.2 Å². The van der Waals surface area contributed by atoms with Crippen LogP contribution in [-0.2, 0) is 44.9 Å². The lowest BCUT2D eigenvalue weighted by molar-refractivity contribution is -0.141. The highest BCUT2D eigenvalue weighted by atomic mass is 32.2. The van der Waals surface area contributed by atoms with E-state index in [0.717, 1.165) is 5.56 Å². The number of nitrogens with two attached hydrogens (primary N) is 2. The molecule has 1 aliphatic rings. The first-order valence-electron chi connectivity index (χ1n) is 22.2. The minimum atomic E-state index is -4.37. The van der Waals surface area contributed by atoms with Crippen molar-refractivity contribution in [1.29, 1.82) is 0 Å². The van der Waals surface area contributed by atoms with Crippen molar-refractivity contribution in [2.24, 2.45) is 28.7 Å². The Kier molecular flexibility index (Phi) is 18.5. The van der Waals surface area contributed by atoms with Crippen molar-refractivity contribution >= 4 is 45.6 Å². The molecule has 1 aliphatic carbocycles. The van der Waals surface area contributed by atoms with Crippen LogP contribution in [-0.4, -0.2) is 99.7 Å². The van der Waals surface area contributed by atoms with E-state index in [1.165, 1.54) is 24.0 Å². The Hall–Kier alpha value is -5.33. The molecule has 0 spiro atoms. The molecule has 1 fully saturated rings. The van der Waals surface area contributed by atoms with Crippen molar-refractivity contribution in [3.8, 4) is 0 Å². The van der Waals surface area contributed by atoms with Crippen LogP contribution >= 0.6 is 0 Å². The highest BCUT2D eigenvalue weighted by Crippen LogP contribution is 2.45. The smallest absolute Gasteiger partial charge is 0.312 e. The first-order chi connectivity index (χ1) is 30.1. The number of hydrogen-bond acceptors (Lipinski definition) is 10. The summed E-state index contributed by atoms with van der Waals surface area (Å²) in [5.74, 6) is -2.97. The molecule has 360 valence electrons. The molecule has 0 aromatic heterocycles. The maximum atomic E-state index is 14.3. The molecular formula is C47H73N9O8S. The number of nitrogens with one attached hydrogen (secondary N) is 6. The number of rotatable bonds is 22. The van der Waals surface area contributed by atoms with Crippen LogP contribution in [0.2, 0.25) is 0 Å². The van der Waals surface area contributed by atoms with Gasteiger partial charge in [0.25, 0.3) is 15.9 Å². The third kappa shape index (κ3) is 14.3. The van der Waals surface area contributed by atoms with Gasteiger partial charge in [0.2, 0.25) is 23.6 Å². The van der Waals surface area contributed by atoms with E-state index in [4.69, 9.17) is 11.5 Å². The third-order valence-electron chi connectivity index (χ3n) is 12.1. The summed E-state index contributed by atoms with van der Waals surface area (Å²) in [5, 5.41) is 14.4. The van der Waals surface area contributed by atoms with E-state index in [9.17, 15) is 37.2 Å². The average molecular weight is 924 g/mol. The highest BCUT2D eigenvalue weighted by molar-refractivity contribution is 7.90. The van der Waals surface area contributed by atoms with Crippen LogP contribution in [0.5, 0.6) is 0 Å². The molecule has 5 atom stereocenters. The molecule has 3 rings (SSSR count). The van der Waals surface area contributed by atoms with Crippen LogP contribution in [0.4, 0.5) is 4.79 Å². The van der Waals surface area contributed by atoms with Crippen molar-refractivity contribution in [3.63, 3.8) is 0 Å². The zero-order chi connectivity index (χ0) is 49.2. The van der Waals surface area contributed by atoms with Gasteiger partial charge >= 0.3 is 6.03 Å². The average Bonchev–Trinajstić information content (AvgIpc) is 4.01. The summed E-state index contributed by atoms with van der Waals surface area (Å²) in [6.45, 7) is 18.5. The molecule has 0 heterocycles. The topological polar surface area (TPSA) is 264 Å². The third-order valence-corrected chi connectivity index (χ3v) is 13.5. The summed E-state index contributed by atoms with van der Waals surface area (Å²) >= 11 is 0. The van der Waals surface area contributed by atoms with Gasteiger partial charge in [-0.05, 0) is 80.2 Å². The Bertz CT molecular complexity index is 2150. The summed E-state index contributed by atoms with van der Waals surface area (Å²) in [6, 6.07) is 10.6. The molecule has 5 unspecified atom stereocenters. The fourth-order valence-corrected chi connectivity index (χ4v) is 8.69. The van der Waals surface area contributed by atoms with E-state index in [2.05, 4.69) is 31.3 Å². The number of primary amides is 1. The van der Waals surface area contributed by atoms with Gasteiger partial charge in [-0.15, -0.1) is 0 Å². The number of likely N-dealkylation sites (N-methyl/N-ethyl adjacent to an activating group) is 2. The number of carbonyl (C=O) groups excluding carboxylic acids is 6. The van der Waals surface area contributed by atoms with Crippen molar-refractivity contribution in [2.45, 2.75) is 141 Å². The molecule has 0 radical (unpaired) electrons. The lowest BCUT2D eigenvalue weighted by atomic mass is 9.76. The normalized spacial score (nSPS) is 16.3. The molecule has 0 aliphatic heterocycles. The van der Waals surface area contributed by atoms with Gasteiger partial charge in [-0.2, -0.15) is 0 Å². The van der Waals surface area contributed by atoms with E-state index >= 15 is 0 Å². The number of amides is 7. The van der Waals surface area contributed by atoms with Crippen LogP contribution in [0, 0.1) is 17.3 Å². The molecule has 2 aromatic rings. The second kappa shape index (κ2) is 22.2. The number of urea groups is 1. The first kappa shape index (κ1) is 54.0. The van der Waals surface area contributed by atoms with Gasteiger partial charge in [0.05, 0.1) is 28.6 Å². The van der Waals surface area contributed by atoms with Gasteiger partial charge in [0.15, 0.2) is 0 Å². The van der Waals surface area contributed by atoms with Gasteiger partial charge in [-0.25, -0.2) is 17.9 Å². The Morgan fingerprint density at radius 3 is 1.91 bits per heavy atom. The van der Waals surface area contributed by atoms with Gasteiger partial charge in [-0.1, -0.05) is 111 Å². The Morgan fingerprint density at radius 1 is 0.831 bits per heavy atom. The molecule has 1 saturated carbocycles. The van der Waals surface area contributed by atoms with Crippen LogP contribution in [0.25, 0.3) is 0 Å². The molecule has 18 heteroatoms. The minimum absolute atomic E-state index is 0.0563. The van der Waals surface area contributed by atoms with Crippen LogP contribution in [0.1, 0.15) is 106 Å². The Morgan fingerprint density at radius 2 is 1.42 bits per heavy atom. The van der Waals surface area contributed by atoms with E-state index in [-0.39, 0.29) is 47.1 Å². The second-order valence-corrected chi connectivity index (χ2v) is 21.1. The number of benzene rings is 2. The number of carbonyl (C=O) groups is 6. The van der Waals surface area contributed by atoms with Gasteiger partial charge in [0, 0.05) is 24.6 Å². The monoisotopic (exact) mass is 924 g/mol. The Labute approximate surface area is 385 Å². The molecule has 2 aromatic carbocycles. The molecule has 0 bridgehead atoms. The minimum Gasteiger partial charge on any atom is -0.352 e. The lowest BCUT2D eigenvalue weighted by Crippen LogP contribution is -2.61. The predicted octanol–water partition coefficient (Wildman–Crippen LogP) is 3.04. The summed E-state index contributed by atoms with van der Waals surface area (Å²) in [6.07, 6.45) is 3.19. The summed E-state index contributed by atoms with van der Waals surface area (Å²) in [4.78, 5) is 80.7. The van der Waals surface area contributed by atoms with Crippen molar-refractivity contribution in [3.05, 3.63) is 77.4 Å². The summed E-state index contributed by atoms with van der Waals surface area (Å²) in [5.41, 5.74) is 10.7. The van der Waals surface area contributed by atoms with Crippen LogP contribution in [0.15, 0.2) is 71.1 Å². The fourth-order valence-electron chi connectivity index (χ4n) is 7.67. The number of sulfonamides is 1. The van der Waals surface area contributed by atoms with E-state index in [1.807, 2.05) is 78.8 Å². The number of nitrogens with zero attached hydrogens (tertiary/aromatic N) is 1. The molecule has 7 amide bonds. The SMILES string of the molecule is CNC(C(=O)NC(C(=O)N(C)C(C=C(C)C(=O)NS(=O)(=O)c1ccc(C2(NC(=O)C(CCCNC(N)=O)NC(=O)C(N)C(C)C)CC2)cc1)C(C)C)C(C)(C)C)C(C)(C)c1ccccc1. The molecule has 17 nitrogen and oxygen atoms in total. The van der Waals surface area contributed by atoms with Crippen molar-refractivity contribution < 1.29 is 37.2 Å². The maximum absolute atomic E-state index is 14.3. The van der Waals surface area contributed by atoms with Gasteiger partial charge < -0.3 is 43.0 Å². The zero-order valence-electron chi connectivity index (χ0n) is 40.1. The van der Waals surface area contributed by atoms with Crippen molar-refractivity contribution in [2.75, 3.05) is 20.6 Å². The standard InChI is InChI=1S/C47H73N9O8S/c1-28(2)35(56(12)43(61)38(45(6,7)8)53-42(60)37(50-11)46(9,10)31-17-14-13-15-18-31)27-30(5)39(57)55-65(63,64)33-22-20-32(21-23-33)47(24-25-47)54-40(58)34(19-16-26-51-44(49)62)52-41(59)36(48)29(3)4/h13-15,17-18,20-23,27-29,34-38,50H,16,19,24-26,48H2,1-12H3,(H,52,59)(H,53,60)(H,54,58)(H,55,57)(H3,49,51,62). The molecular weight excluding hydrogens is 851 g/mol. The molecule has 65 heavy (non-hydrogen) atoms. The Balaban J connectivity index is 1.76. The van der Waals surface area contributed by atoms with Crippen LogP contribution < -0.4 is 42.8 Å². The van der Waals surface area contributed by atoms with Gasteiger partial charge in [0.1, 0.15) is 12.1 Å². The van der Waals surface area contributed by atoms with Crippen LogP contribution in [0.3, 0.4) is 0 Å². The number of hydrogen-bond donors (Lipinski definition) is 8. The summed E-state index contributed by atoms with van der Waals surface area (Å²) in [7, 11) is -1.07. The fraction of sp³-hybridized carbons (Fsp3) is 0.574. The summed E-state index contributed by atoms with van der Waals surface area (Å²) < 4.78 is 29.2. The van der Waals surface area contributed by atoms with E-state index < -0.39 is 80.4 Å². The predicted molar refractivity (Wildman–Crippen MR) is 251 cm³/mol. The van der Waals surface area contributed by atoms with Gasteiger partial charge in [-0.3, -0.25) is 24.0 Å². The molecule has 0 saturated heterocycles. The first-order valence-corrected chi connectivity index (χ1v) is 23.6. The zero-order valence-corrected chi connectivity index (χ0v) is 40.9. The maximum Gasteiger partial charge on any atom is 0.312 e. The largest absolute Gasteiger partial charge is 0.352 e. The van der Waals surface area contributed by atoms with Crippen molar-refractivity contribution in [1.82, 2.24) is 36.2 Å². The van der Waals surface area contributed by atoms with E-state index in [0.29, 0.717) is 24.8 Å².